The third kappa shape index (κ3) is 3.70. The molecule has 1 unspecified atom stereocenters. The maximum atomic E-state index is 12.6. The first-order valence-corrected chi connectivity index (χ1v) is 9.44. The summed E-state index contributed by atoms with van der Waals surface area (Å²) in [4.78, 5) is 15.9. The molecule has 1 aromatic heterocycles. The van der Waals surface area contributed by atoms with E-state index in [-0.39, 0.29) is 11.4 Å². The van der Waals surface area contributed by atoms with Gasteiger partial charge in [-0.15, -0.1) is 11.3 Å². The molecule has 128 valence electrons. The van der Waals surface area contributed by atoms with Gasteiger partial charge in [0.25, 0.3) is 5.91 Å². The van der Waals surface area contributed by atoms with Crippen molar-refractivity contribution in [3.8, 4) is 0 Å². The van der Waals surface area contributed by atoms with Gasteiger partial charge in [-0.1, -0.05) is 12.1 Å². The lowest BCUT2D eigenvalue weighted by atomic mass is 9.92. The van der Waals surface area contributed by atoms with Gasteiger partial charge in [0.05, 0.1) is 0 Å². The van der Waals surface area contributed by atoms with Gasteiger partial charge in [-0.2, -0.15) is 0 Å². The number of hydrogen-bond acceptors (Lipinski definition) is 3. The number of aryl methyl sites for hydroxylation is 3. The van der Waals surface area contributed by atoms with Crippen molar-refractivity contribution in [1.29, 1.82) is 0 Å². The number of fused-ring (bicyclic) bond motifs is 1. The minimum atomic E-state index is -0.245. The number of hydrogen-bond donors (Lipinski definition) is 1. The van der Waals surface area contributed by atoms with Crippen LogP contribution < -0.4 is 5.73 Å². The van der Waals surface area contributed by atoms with E-state index < -0.39 is 0 Å². The van der Waals surface area contributed by atoms with E-state index in [2.05, 4.69) is 44.4 Å². The Balaban J connectivity index is 1.58. The van der Waals surface area contributed by atoms with Gasteiger partial charge >= 0.3 is 0 Å². The van der Waals surface area contributed by atoms with Crippen molar-refractivity contribution in [1.82, 2.24) is 4.90 Å². The zero-order chi connectivity index (χ0) is 17.3. The third-order valence-corrected chi connectivity index (χ3v) is 6.01. The Morgan fingerprint density at radius 3 is 2.71 bits per heavy atom. The van der Waals surface area contributed by atoms with Crippen LogP contribution in [0.1, 0.15) is 51.7 Å². The number of benzene rings is 1. The van der Waals surface area contributed by atoms with Crippen LogP contribution >= 0.6 is 11.3 Å². The average molecular weight is 343 g/mol. The summed E-state index contributed by atoms with van der Waals surface area (Å²) in [6.45, 7) is 7.71. The molecule has 2 aromatic rings. The summed E-state index contributed by atoms with van der Waals surface area (Å²) in [7, 11) is 0. The van der Waals surface area contributed by atoms with E-state index in [9.17, 15) is 4.79 Å². The van der Waals surface area contributed by atoms with Crippen LogP contribution in [0.25, 0.3) is 0 Å². The van der Waals surface area contributed by atoms with Gasteiger partial charge in [-0.25, -0.2) is 0 Å². The number of carbonyl (C=O) groups excluding carboxylic acids is 1. The summed E-state index contributed by atoms with van der Waals surface area (Å²) in [5.74, 6) is 0.155. The second kappa shape index (κ2) is 6.69. The minimum Gasteiger partial charge on any atom is -0.334 e. The van der Waals surface area contributed by atoms with Crippen LogP contribution in [0.3, 0.4) is 0 Å². The first kappa shape index (κ1) is 17.2. The van der Waals surface area contributed by atoms with Gasteiger partial charge in [0.15, 0.2) is 0 Å². The fourth-order valence-corrected chi connectivity index (χ4v) is 3.92. The van der Waals surface area contributed by atoms with Crippen LogP contribution in [0.4, 0.5) is 0 Å². The lowest BCUT2D eigenvalue weighted by Crippen LogP contribution is -2.40. The Labute approximate surface area is 148 Å². The maximum Gasteiger partial charge on any atom is 0.254 e. The van der Waals surface area contributed by atoms with Crippen molar-refractivity contribution >= 4 is 17.2 Å². The van der Waals surface area contributed by atoms with Crippen molar-refractivity contribution in [2.45, 2.75) is 52.1 Å². The second-order valence-corrected chi connectivity index (χ2v) is 8.34. The maximum absolute atomic E-state index is 12.6. The fourth-order valence-electron chi connectivity index (χ4n) is 3.21. The molecule has 1 aliphatic rings. The molecule has 0 radical (unpaired) electrons. The Bertz CT molecular complexity index is 734. The van der Waals surface area contributed by atoms with Gasteiger partial charge in [-0.05, 0) is 74.2 Å². The SMILES string of the molecule is Cc1cc2c(cc1C)C(=O)N(CCC(C)(N)CCc1cccs1)C2. The van der Waals surface area contributed by atoms with Crippen molar-refractivity contribution in [2.75, 3.05) is 6.54 Å². The average Bonchev–Trinajstić information content (AvgIpc) is 3.14. The largest absolute Gasteiger partial charge is 0.334 e. The van der Waals surface area contributed by atoms with E-state index in [1.807, 2.05) is 11.0 Å². The Kier molecular flexibility index (Phi) is 4.79. The van der Waals surface area contributed by atoms with Gasteiger partial charge < -0.3 is 10.6 Å². The quantitative estimate of drug-likeness (QED) is 0.860. The molecular formula is C20H26N2OS. The lowest BCUT2D eigenvalue weighted by molar-refractivity contribution is 0.0766. The molecule has 1 amide bonds. The first-order chi connectivity index (χ1) is 11.4. The number of thiophene rings is 1. The number of amides is 1. The summed E-state index contributed by atoms with van der Waals surface area (Å²) in [6.07, 6.45) is 2.79. The van der Waals surface area contributed by atoms with Crippen LogP contribution in [0.2, 0.25) is 0 Å². The van der Waals surface area contributed by atoms with E-state index >= 15 is 0 Å². The molecule has 0 bridgehead atoms. The predicted octanol–water partition coefficient (Wildman–Crippen LogP) is 4.06. The molecule has 4 heteroatoms. The third-order valence-electron chi connectivity index (χ3n) is 5.07. The molecule has 2 N–H and O–H groups in total. The molecule has 3 nitrogen and oxygen atoms in total. The molecule has 0 fully saturated rings. The van der Waals surface area contributed by atoms with Crippen molar-refractivity contribution in [3.05, 3.63) is 56.8 Å². The first-order valence-electron chi connectivity index (χ1n) is 8.56. The van der Waals surface area contributed by atoms with Crippen LogP contribution in [0, 0.1) is 13.8 Å². The Morgan fingerprint density at radius 2 is 2.00 bits per heavy atom. The standard InChI is InChI=1S/C20H26N2OS/c1-14-11-16-13-22(19(23)18(16)12-15(14)2)9-8-20(3,21)7-6-17-5-4-10-24-17/h4-5,10-12H,6-9,13,21H2,1-3H3. The van der Waals surface area contributed by atoms with Crippen LogP contribution in [-0.2, 0) is 13.0 Å². The van der Waals surface area contributed by atoms with E-state index in [0.29, 0.717) is 0 Å². The monoisotopic (exact) mass is 342 g/mol. The molecule has 0 saturated heterocycles. The Hall–Kier alpha value is -1.65. The Morgan fingerprint density at radius 1 is 1.25 bits per heavy atom. The van der Waals surface area contributed by atoms with E-state index in [1.165, 1.54) is 16.0 Å². The fraction of sp³-hybridized carbons (Fsp3) is 0.450. The molecule has 0 spiro atoms. The van der Waals surface area contributed by atoms with Crippen LogP contribution in [0.5, 0.6) is 0 Å². The normalized spacial score (nSPS) is 16.3. The molecule has 2 heterocycles. The number of nitrogens with zero attached hydrogens (tertiary/aromatic N) is 1. The van der Waals surface area contributed by atoms with Gasteiger partial charge in [0.1, 0.15) is 0 Å². The highest BCUT2D eigenvalue weighted by Gasteiger charge is 2.29. The van der Waals surface area contributed by atoms with E-state index in [4.69, 9.17) is 5.73 Å². The molecule has 1 aromatic carbocycles. The predicted molar refractivity (Wildman–Crippen MR) is 101 cm³/mol. The van der Waals surface area contributed by atoms with Crippen LogP contribution in [0.15, 0.2) is 29.6 Å². The van der Waals surface area contributed by atoms with Crippen molar-refractivity contribution in [3.63, 3.8) is 0 Å². The molecule has 24 heavy (non-hydrogen) atoms. The lowest BCUT2D eigenvalue weighted by Gasteiger charge is -2.27. The zero-order valence-corrected chi connectivity index (χ0v) is 15.6. The highest BCUT2D eigenvalue weighted by Crippen LogP contribution is 2.27. The summed E-state index contributed by atoms with van der Waals surface area (Å²) >= 11 is 1.78. The van der Waals surface area contributed by atoms with Crippen LogP contribution in [-0.4, -0.2) is 22.9 Å². The number of rotatable bonds is 6. The highest BCUT2D eigenvalue weighted by molar-refractivity contribution is 7.09. The van der Waals surface area contributed by atoms with Gasteiger partial charge in [-0.3, -0.25) is 4.79 Å². The summed E-state index contributed by atoms with van der Waals surface area (Å²) in [5.41, 5.74) is 10.7. The summed E-state index contributed by atoms with van der Waals surface area (Å²) in [6, 6.07) is 8.43. The van der Waals surface area contributed by atoms with Crippen molar-refractivity contribution in [2.24, 2.45) is 5.73 Å². The smallest absolute Gasteiger partial charge is 0.254 e. The molecule has 0 saturated carbocycles. The summed E-state index contributed by atoms with van der Waals surface area (Å²) in [5, 5.41) is 2.10. The molecule has 0 aliphatic carbocycles. The second-order valence-electron chi connectivity index (χ2n) is 7.30. The molecule has 1 aliphatic heterocycles. The highest BCUT2D eigenvalue weighted by atomic mass is 32.1. The van der Waals surface area contributed by atoms with Gasteiger partial charge in [0.2, 0.25) is 0 Å². The molecule has 3 rings (SSSR count). The van der Waals surface area contributed by atoms with E-state index in [1.54, 1.807) is 11.3 Å². The molecule has 1 atom stereocenters. The number of carbonyl (C=O) groups is 1. The minimum absolute atomic E-state index is 0.155. The zero-order valence-electron chi connectivity index (χ0n) is 14.8. The number of nitrogens with two attached hydrogens (primary N) is 1. The topological polar surface area (TPSA) is 46.3 Å². The van der Waals surface area contributed by atoms with Gasteiger partial charge in [0, 0.05) is 29.1 Å². The van der Waals surface area contributed by atoms with Crippen molar-refractivity contribution < 1.29 is 4.79 Å². The van der Waals surface area contributed by atoms with E-state index in [0.717, 1.165) is 43.5 Å². The molecular weight excluding hydrogens is 316 g/mol. The summed E-state index contributed by atoms with van der Waals surface area (Å²) < 4.78 is 0.